The fourth-order valence-corrected chi connectivity index (χ4v) is 2.21. The summed E-state index contributed by atoms with van der Waals surface area (Å²) in [5.74, 6) is 0.863. The molecule has 1 aromatic heterocycles. The molecule has 3 aromatic rings. The molecule has 116 valence electrons. The van der Waals surface area contributed by atoms with Crippen LogP contribution in [0.5, 0.6) is 11.8 Å². The molecule has 0 aliphatic rings. The van der Waals surface area contributed by atoms with Crippen molar-refractivity contribution in [2.24, 2.45) is 0 Å². The van der Waals surface area contributed by atoms with Crippen molar-refractivity contribution in [1.82, 2.24) is 4.98 Å². The SMILES string of the molecule is Clc1ccc(OCc2ccccc2)nc1OCc1ccccc1. The number of nitrogens with zero attached hydrogens (tertiary/aromatic N) is 1. The highest BCUT2D eigenvalue weighted by Gasteiger charge is 2.07. The number of hydrogen-bond donors (Lipinski definition) is 0. The van der Waals surface area contributed by atoms with E-state index in [0.29, 0.717) is 30.0 Å². The summed E-state index contributed by atoms with van der Waals surface area (Å²) in [6.07, 6.45) is 0. The molecule has 0 amide bonds. The van der Waals surface area contributed by atoms with E-state index in [2.05, 4.69) is 4.98 Å². The van der Waals surface area contributed by atoms with Gasteiger partial charge in [0.05, 0.1) is 0 Å². The predicted molar refractivity (Wildman–Crippen MR) is 90.8 cm³/mol. The molecule has 0 N–H and O–H groups in total. The van der Waals surface area contributed by atoms with Gasteiger partial charge in [-0.1, -0.05) is 72.3 Å². The Kier molecular flexibility index (Phi) is 5.12. The molecule has 0 spiro atoms. The number of benzene rings is 2. The van der Waals surface area contributed by atoms with Crippen LogP contribution in [-0.4, -0.2) is 4.98 Å². The lowest BCUT2D eigenvalue weighted by Gasteiger charge is -2.10. The third kappa shape index (κ3) is 4.47. The van der Waals surface area contributed by atoms with Crippen molar-refractivity contribution in [3.8, 4) is 11.8 Å². The van der Waals surface area contributed by atoms with Gasteiger partial charge in [0.1, 0.15) is 18.2 Å². The Morgan fingerprint density at radius 3 is 1.87 bits per heavy atom. The van der Waals surface area contributed by atoms with Gasteiger partial charge >= 0.3 is 0 Å². The van der Waals surface area contributed by atoms with E-state index in [0.717, 1.165) is 11.1 Å². The Bertz CT molecular complexity index is 748. The third-order valence-corrected chi connectivity index (χ3v) is 3.52. The third-order valence-electron chi connectivity index (χ3n) is 3.24. The van der Waals surface area contributed by atoms with Crippen molar-refractivity contribution in [1.29, 1.82) is 0 Å². The van der Waals surface area contributed by atoms with Gasteiger partial charge in [0.2, 0.25) is 11.8 Å². The molecule has 0 fully saturated rings. The van der Waals surface area contributed by atoms with Crippen molar-refractivity contribution >= 4 is 11.6 Å². The molecule has 3 nitrogen and oxygen atoms in total. The van der Waals surface area contributed by atoms with Gasteiger partial charge in [-0.3, -0.25) is 0 Å². The van der Waals surface area contributed by atoms with E-state index in [1.54, 1.807) is 12.1 Å². The zero-order valence-electron chi connectivity index (χ0n) is 12.5. The van der Waals surface area contributed by atoms with Gasteiger partial charge in [-0.05, 0) is 17.2 Å². The van der Waals surface area contributed by atoms with E-state index in [4.69, 9.17) is 21.1 Å². The van der Waals surface area contributed by atoms with Crippen LogP contribution in [0.3, 0.4) is 0 Å². The molecule has 0 aliphatic carbocycles. The Morgan fingerprint density at radius 2 is 1.26 bits per heavy atom. The van der Waals surface area contributed by atoms with Gasteiger partial charge in [0.15, 0.2) is 0 Å². The monoisotopic (exact) mass is 325 g/mol. The quantitative estimate of drug-likeness (QED) is 0.646. The Hall–Kier alpha value is -2.52. The maximum Gasteiger partial charge on any atom is 0.236 e. The normalized spacial score (nSPS) is 10.3. The number of hydrogen-bond acceptors (Lipinski definition) is 3. The van der Waals surface area contributed by atoms with Crippen molar-refractivity contribution in [3.63, 3.8) is 0 Å². The van der Waals surface area contributed by atoms with E-state index in [1.807, 2.05) is 60.7 Å². The molecular weight excluding hydrogens is 310 g/mol. The fourth-order valence-electron chi connectivity index (χ4n) is 2.05. The number of rotatable bonds is 6. The first-order valence-electron chi connectivity index (χ1n) is 7.31. The summed E-state index contributed by atoms with van der Waals surface area (Å²) in [7, 11) is 0. The van der Waals surface area contributed by atoms with Gasteiger partial charge in [0, 0.05) is 6.07 Å². The Labute approximate surface area is 140 Å². The highest BCUT2D eigenvalue weighted by Crippen LogP contribution is 2.26. The average molecular weight is 326 g/mol. The first kappa shape index (κ1) is 15.4. The van der Waals surface area contributed by atoms with Crippen LogP contribution in [0.4, 0.5) is 0 Å². The van der Waals surface area contributed by atoms with Crippen LogP contribution < -0.4 is 9.47 Å². The maximum atomic E-state index is 6.14. The molecule has 0 saturated heterocycles. The molecule has 4 heteroatoms. The molecule has 3 rings (SSSR count). The highest BCUT2D eigenvalue weighted by atomic mass is 35.5. The van der Waals surface area contributed by atoms with Gasteiger partial charge < -0.3 is 9.47 Å². The lowest BCUT2D eigenvalue weighted by Crippen LogP contribution is -2.01. The molecule has 0 radical (unpaired) electrons. The smallest absolute Gasteiger partial charge is 0.236 e. The topological polar surface area (TPSA) is 31.4 Å². The summed E-state index contributed by atoms with van der Waals surface area (Å²) in [6.45, 7) is 0.864. The first-order chi connectivity index (χ1) is 11.3. The molecule has 0 aliphatic heterocycles. The first-order valence-corrected chi connectivity index (χ1v) is 7.69. The lowest BCUT2D eigenvalue weighted by atomic mass is 10.2. The average Bonchev–Trinajstić information content (AvgIpc) is 2.62. The molecule has 0 atom stereocenters. The van der Waals surface area contributed by atoms with Crippen LogP contribution in [0.2, 0.25) is 5.02 Å². The molecular formula is C19H16ClNO2. The maximum absolute atomic E-state index is 6.14. The summed E-state index contributed by atoms with van der Waals surface area (Å²) in [6, 6.07) is 23.3. The van der Waals surface area contributed by atoms with Gasteiger partial charge in [0.25, 0.3) is 0 Å². The second kappa shape index (κ2) is 7.65. The van der Waals surface area contributed by atoms with Crippen molar-refractivity contribution in [2.75, 3.05) is 0 Å². The number of ether oxygens (including phenoxy) is 2. The fraction of sp³-hybridized carbons (Fsp3) is 0.105. The van der Waals surface area contributed by atoms with Crippen LogP contribution >= 0.6 is 11.6 Å². The van der Waals surface area contributed by atoms with E-state index < -0.39 is 0 Å². The predicted octanol–water partition coefficient (Wildman–Crippen LogP) is 4.89. The van der Waals surface area contributed by atoms with Gasteiger partial charge in [-0.25, -0.2) is 0 Å². The second-order valence-electron chi connectivity index (χ2n) is 4.99. The lowest BCUT2D eigenvalue weighted by molar-refractivity contribution is 0.268. The minimum atomic E-state index is 0.376. The number of halogens is 1. The highest BCUT2D eigenvalue weighted by molar-refractivity contribution is 6.31. The summed E-state index contributed by atoms with van der Waals surface area (Å²) >= 11 is 6.14. The molecule has 0 unspecified atom stereocenters. The van der Waals surface area contributed by atoms with Crippen LogP contribution in [-0.2, 0) is 13.2 Å². The van der Waals surface area contributed by atoms with Crippen molar-refractivity contribution in [2.45, 2.75) is 13.2 Å². The van der Waals surface area contributed by atoms with Crippen LogP contribution in [0.25, 0.3) is 0 Å². The molecule has 0 bridgehead atoms. The summed E-state index contributed by atoms with van der Waals surface area (Å²) in [4.78, 5) is 4.33. The van der Waals surface area contributed by atoms with Gasteiger partial charge in [-0.2, -0.15) is 4.98 Å². The zero-order chi connectivity index (χ0) is 15.9. The molecule has 23 heavy (non-hydrogen) atoms. The van der Waals surface area contributed by atoms with E-state index >= 15 is 0 Å². The summed E-state index contributed by atoms with van der Waals surface area (Å²) < 4.78 is 11.4. The summed E-state index contributed by atoms with van der Waals surface area (Å²) in [5, 5.41) is 0.466. The van der Waals surface area contributed by atoms with E-state index in [1.165, 1.54) is 0 Å². The zero-order valence-corrected chi connectivity index (χ0v) is 13.2. The molecule has 2 aromatic carbocycles. The molecule has 0 saturated carbocycles. The van der Waals surface area contributed by atoms with E-state index in [-0.39, 0.29) is 0 Å². The number of aromatic nitrogens is 1. The van der Waals surface area contributed by atoms with Crippen molar-refractivity contribution < 1.29 is 9.47 Å². The van der Waals surface area contributed by atoms with Crippen LogP contribution in [0.1, 0.15) is 11.1 Å². The summed E-state index contributed by atoms with van der Waals surface area (Å²) in [5.41, 5.74) is 2.14. The minimum Gasteiger partial charge on any atom is -0.473 e. The van der Waals surface area contributed by atoms with Crippen molar-refractivity contribution in [3.05, 3.63) is 88.9 Å². The second-order valence-corrected chi connectivity index (χ2v) is 5.39. The van der Waals surface area contributed by atoms with E-state index in [9.17, 15) is 0 Å². The van der Waals surface area contributed by atoms with Gasteiger partial charge in [-0.15, -0.1) is 0 Å². The van der Waals surface area contributed by atoms with Crippen LogP contribution in [0.15, 0.2) is 72.8 Å². The minimum absolute atomic E-state index is 0.376. The Balaban J connectivity index is 1.64. The number of pyridine rings is 1. The molecule has 1 heterocycles. The largest absolute Gasteiger partial charge is 0.473 e. The Morgan fingerprint density at radius 1 is 0.696 bits per heavy atom. The van der Waals surface area contributed by atoms with Crippen LogP contribution in [0, 0.1) is 0 Å². The standard InChI is InChI=1S/C19H16ClNO2/c20-17-11-12-18(22-13-15-7-3-1-4-8-15)21-19(17)23-14-16-9-5-2-6-10-16/h1-12H,13-14H2.